The molecule has 0 atom stereocenters. The highest BCUT2D eigenvalue weighted by molar-refractivity contribution is 6.31. The second kappa shape index (κ2) is 7.14. The van der Waals surface area contributed by atoms with Crippen LogP contribution in [0.5, 0.6) is 0 Å². The third-order valence-corrected chi connectivity index (χ3v) is 3.11. The van der Waals surface area contributed by atoms with Gasteiger partial charge in [-0.25, -0.2) is 0 Å². The summed E-state index contributed by atoms with van der Waals surface area (Å²) in [6.07, 6.45) is 0. The highest BCUT2D eigenvalue weighted by atomic mass is 35.5. The number of hydrogen-bond donors (Lipinski definition) is 2. The van der Waals surface area contributed by atoms with E-state index in [1.807, 2.05) is 0 Å². The van der Waals surface area contributed by atoms with Crippen molar-refractivity contribution in [2.75, 3.05) is 11.9 Å². The van der Waals surface area contributed by atoms with Crippen LogP contribution >= 0.6 is 23.2 Å². The number of benzene rings is 2. The van der Waals surface area contributed by atoms with E-state index in [9.17, 15) is 4.79 Å². The Kier molecular flexibility index (Phi) is 5.24. The molecule has 0 aliphatic rings. The Hall–Kier alpha value is -1.99. The van der Waals surface area contributed by atoms with Gasteiger partial charge < -0.3 is 11.1 Å². The predicted molar refractivity (Wildman–Crippen MR) is 86.8 cm³/mol. The summed E-state index contributed by atoms with van der Waals surface area (Å²) in [5, 5.41) is 3.78. The molecule has 0 fully saturated rings. The van der Waals surface area contributed by atoms with Gasteiger partial charge in [0.15, 0.2) is 0 Å². The van der Waals surface area contributed by atoms with Gasteiger partial charge in [0, 0.05) is 21.2 Å². The maximum absolute atomic E-state index is 12.2. The third kappa shape index (κ3) is 4.24. The fourth-order valence-corrected chi connectivity index (χ4v) is 2.06. The molecule has 0 aliphatic carbocycles. The van der Waals surface area contributed by atoms with Crippen LogP contribution in [-0.4, -0.2) is 12.5 Å². The molecule has 0 aromatic heterocycles. The minimum atomic E-state index is -0.282. The Morgan fingerprint density at radius 3 is 2.62 bits per heavy atom. The first-order valence-electron chi connectivity index (χ1n) is 6.15. The second-order valence-electron chi connectivity index (χ2n) is 4.16. The molecule has 0 radical (unpaired) electrons. The predicted octanol–water partition coefficient (Wildman–Crippen LogP) is 3.56. The molecule has 106 valence electrons. The Balaban J connectivity index is 2.30. The van der Waals surface area contributed by atoms with Crippen molar-refractivity contribution in [3.63, 3.8) is 0 Å². The molecule has 0 bridgehead atoms. The summed E-state index contributed by atoms with van der Waals surface area (Å²) in [5.41, 5.74) is 7.01. The maximum atomic E-state index is 12.2. The molecule has 3 nitrogen and oxygen atoms in total. The minimum absolute atomic E-state index is 0.240. The smallest absolute Gasteiger partial charge is 0.255 e. The second-order valence-corrected chi connectivity index (χ2v) is 5.03. The summed E-state index contributed by atoms with van der Waals surface area (Å²) in [7, 11) is 0. The first kappa shape index (κ1) is 15.4. The number of amides is 1. The molecule has 5 heteroatoms. The molecule has 0 unspecified atom stereocenters. The van der Waals surface area contributed by atoms with E-state index < -0.39 is 0 Å². The van der Waals surface area contributed by atoms with E-state index in [0.29, 0.717) is 26.9 Å². The van der Waals surface area contributed by atoms with Gasteiger partial charge in [-0.3, -0.25) is 4.79 Å². The normalized spacial score (nSPS) is 9.67. The Bertz CT molecular complexity index is 733. The zero-order valence-corrected chi connectivity index (χ0v) is 12.5. The summed E-state index contributed by atoms with van der Waals surface area (Å²) >= 11 is 11.8. The highest BCUT2D eigenvalue weighted by Gasteiger charge is 2.09. The lowest BCUT2D eigenvalue weighted by atomic mass is 10.1. The number of nitrogens with two attached hydrogens (primary N) is 1. The lowest BCUT2D eigenvalue weighted by molar-refractivity contribution is 0.102. The lowest BCUT2D eigenvalue weighted by Gasteiger charge is -2.08. The third-order valence-electron chi connectivity index (χ3n) is 2.64. The van der Waals surface area contributed by atoms with Crippen molar-refractivity contribution < 1.29 is 4.79 Å². The molecule has 3 N–H and O–H groups in total. The van der Waals surface area contributed by atoms with Crippen LogP contribution in [0.3, 0.4) is 0 Å². The van der Waals surface area contributed by atoms with Crippen LogP contribution in [0.1, 0.15) is 15.9 Å². The largest absolute Gasteiger partial charge is 0.321 e. The first-order valence-corrected chi connectivity index (χ1v) is 6.91. The first-order chi connectivity index (χ1) is 10.1. The summed E-state index contributed by atoms with van der Waals surface area (Å²) in [6, 6.07) is 11.8. The number of carbonyl (C=O) groups excluding carboxylic acids is 1. The van der Waals surface area contributed by atoms with Crippen LogP contribution in [0.25, 0.3) is 0 Å². The molecule has 2 aromatic carbocycles. The van der Waals surface area contributed by atoms with E-state index in [0.717, 1.165) is 0 Å². The van der Waals surface area contributed by atoms with E-state index in [1.54, 1.807) is 42.5 Å². The Labute approximate surface area is 133 Å². The van der Waals surface area contributed by atoms with Crippen molar-refractivity contribution in [2.45, 2.75) is 0 Å². The van der Waals surface area contributed by atoms with Crippen molar-refractivity contribution in [1.29, 1.82) is 0 Å². The van der Waals surface area contributed by atoms with Gasteiger partial charge in [0.1, 0.15) is 0 Å². The van der Waals surface area contributed by atoms with Crippen LogP contribution < -0.4 is 11.1 Å². The van der Waals surface area contributed by atoms with Crippen LogP contribution in [0.4, 0.5) is 5.69 Å². The molecule has 0 aliphatic heterocycles. The molecule has 1 amide bonds. The average Bonchev–Trinajstić information content (AvgIpc) is 2.46. The van der Waals surface area contributed by atoms with Gasteiger partial charge >= 0.3 is 0 Å². The molecular weight excluding hydrogens is 307 g/mol. The van der Waals surface area contributed by atoms with E-state index >= 15 is 0 Å². The number of carbonyl (C=O) groups is 1. The van der Waals surface area contributed by atoms with Crippen LogP contribution in [-0.2, 0) is 0 Å². The standard InChI is InChI=1S/C16H12Cl2N2O/c17-13-5-1-3-12(9-13)16(21)20-15-10-14(18)7-6-11(15)4-2-8-19/h1,3,5-7,9-10H,8,19H2,(H,20,21). The van der Waals surface area contributed by atoms with Gasteiger partial charge in [0.2, 0.25) is 0 Å². The Morgan fingerprint density at radius 2 is 1.90 bits per heavy atom. The van der Waals surface area contributed by atoms with Crippen LogP contribution in [0, 0.1) is 11.8 Å². The van der Waals surface area contributed by atoms with Gasteiger partial charge in [0.05, 0.1) is 12.2 Å². The number of rotatable bonds is 2. The van der Waals surface area contributed by atoms with Crippen LogP contribution in [0.2, 0.25) is 10.0 Å². The van der Waals surface area contributed by atoms with Gasteiger partial charge in [-0.05, 0) is 36.4 Å². The molecular formula is C16H12Cl2N2O. The van der Waals surface area contributed by atoms with E-state index in [-0.39, 0.29) is 12.5 Å². The summed E-state index contributed by atoms with van der Waals surface area (Å²) < 4.78 is 0. The van der Waals surface area contributed by atoms with E-state index in [4.69, 9.17) is 28.9 Å². The van der Waals surface area contributed by atoms with Crippen molar-refractivity contribution in [3.05, 3.63) is 63.6 Å². The number of hydrogen-bond acceptors (Lipinski definition) is 2. The SMILES string of the molecule is NCC#Cc1ccc(Cl)cc1NC(=O)c1cccc(Cl)c1. The zero-order valence-electron chi connectivity index (χ0n) is 11.0. The van der Waals surface area contributed by atoms with Gasteiger partial charge in [-0.1, -0.05) is 41.1 Å². The monoisotopic (exact) mass is 318 g/mol. The molecule has 2 aromatic rings. The van der Waals surface area contributed by atoms with Crippen molar-refractivity contribution in [3.8, 4) is 11.8 Å². The van der Waals surface area contributed by atoms with Crippen molar-refractivity contribution in [1.82, 2.24) is 0 Å². The lowest BCUT2D eigenvalue weighted by Crippen LogP contribution is -2.12. The summed E-state index contributed by atoms with van der Waals surface area (Å²) in [5.74, 6) is 5.36. The number of anilines is 1. The zero-order chi connectivity index (χ0) is 15.2. The molecule has 21 heavy (non-hydrogen) atoms. The molecule has 0 saturated carbocycles. The molecule has 2 rings (SSSR count). The fourth-order valence-electron chi connectivity index (χ4n) is 1.70. The van der Waals surface area contributed by atoms with Gasteiger partial charge in [0.25, 0.3) is 5.91 Å². The molecule has 0 saturated heterocycles. The average molecular weight is 319 g/mol. The van der Waals surface area contributed by atoms with Crippen LogP contribution in [0.15, 0.2) is 42.5 Å². The highest BCUT2D eigenvalue weighted by Crippen LogP contribution is 2.21. The maximum Gasteiger partial charge on any atom is 0.255 e. The summed E-state index contributed by atoms with van der Waals surface area (Å²) in [4.78, 5) is 12.2. The fraction of sp³-hybridized carbons (Fsp3) is 0.0625. The Morgan fingerprint density at radius 1 is 1.14 bits per heavy atom. The van der Waals surface area contributed by atoms with Gasteiger partial charge in [-0.15, -0.1) is 0 Å². The van der Waals surface area contributed by atoms with Crippen molar-refractivity contribution >= 4 is 34.8 Å². The molecule has 0 spiro atoms. The number of halogens is 2. The topological polar surface area (TPSA) is 55.1 Å². The summed E-state index contributed by atoms with van der Waals surface area (Å²) in [6.45, 7) is 0.240. The van der Waals surface area contributed by atoms with Crippen molar-refractivity contribution in [2.24, 2.45) is 5.73 Å². The van der Waals surface area contributed by atoms with E-state index in [1.165, 1.54) is 0 Å². The minimum Gasteiger partial charge on any atom is -0.321 e. The molecule has 0 heterocycles. The number of nitrogens with one attached hydrogen (secondary N) is 1. The van der Waals surface area contributed by atoms with E-state index in [2.05, 4.69) is 17.2 Å². The van der Waals surface area contributed by atoms with Gasteiger partial charge in [-0.2, -0.15) is 0 Å². The quantitative estimate of drug-likeness (QED) is 0.832.